The van der Waals surface area contributed by atoms with Crippen LogP contribution in [0.2, 0.25) is 0 Å². The molecule has 2 fully saturated rings. The fourth-order valence-corrected chi connectivity index (χ4v) is 4.47. The second-order valence-electron chi connectivity index (χ2n) is 8.42. The van der Waals surface area contributed by atoms with Gasteiger partial charge >= 0.3 is 0 Å². The van der Waals surface area contributed by atoms with Crippen molar-refractivity contribution >= 4 is 5.91 Å². The summed E-state index contributed by atoms with van der Waals surface area (Å²) < 4.78 is 2.32. The lowest BCUT2D eigenvalue weighted by molar-refractivity contribution is -0.132. The van der Waals surface area contributed by atoms with Crippen LogP contribution in [0.15, 0.2) is 12.4 Å². The number of aryl methyl sites for hydroxylation is 1. The highest BCUT2D eigenvalue weighted by Crippen LogP contribution is 2.27. The Kier molecular flexibility index (Phi) is 7.30. The second-order valence-corrected chi connectivity index (χ2v) is 8.42. The van der Waals surface area contributed by atoms with Crippen molar-refractivity contribution in [1.82, 2.24) is 24.3 Å². The lowest BCUT2D eigenvalue weighted by atomic mass is 9.95. The summed E-state index contributed by atoms with van der Waals surface area (Å²) in [6, 6.07) is 0.607. The van der Waals surface area contributed by atoms with E-state index in [4.69, 9.17) is 0 Å². The third-order valence-electron chi connectivity index (χ3n) is 6.38. The molecule has 3 heterocycles. The monoisotopic (exact) mass is 375 g/mol. The number of carbonyl (C=O) groups is 1. The lowest BCUT2D eigenvalue weighted by Crippen LogP contribution is -2.41. The number of amides is 1. The Morgan fingerprint density at radius 1 is 1.26 bits per heavy atom. The van der Waals surface area contributed by atoms with E-state index in [1.807, 2.05) is 6.20 Å². The van der Waals surface area contributed by atoms with Gasteiger partial charge in [-0.3, -0.25) is 4.79 Å². The molecule has 1 aromatic heterocycles. The highest BCUT2D eigenvalue weighted by molar-refractivity contribution is 5.76. The number of likely N-dealkylation sites (N-methyl/N-ethyl adjacent to an activating group) is 2. The summed E-state index contributed by atoms with van der Waals surface area (Å²) in [6.07, 6.45) is 10.4. The molecule has 0 saturated carbocycles. The average molecular weight is 376 g/mol. The van der Waals surface area contributed by atoms with E-state index in [2.05, 4.69) is 51.5 Å². The van der Waals surface area contributed by atoms with Crippen LogP contribution in [0.3, 0.4) is 0 Å². The quantitative estimate of drug-likeness (QED) is 0.700. The van der Waals surface area contributed by atoms with Crippen molar-refractivity contribution in [2.45, 2.75) is 64.0 Å². The number of hydrogen-bond acceptors (Lipinski definition) is 4. The lowest BCUT2D eigenvalue weighted by Gasteiger charge is -2.33. The zero-order valence-electron chi connectivity index (χ0n) is 17.4. The smallest absolute Gasteiger partial charge is 0.223 e. The molecule has 27 heavy (non-hydrogen) atoms. The second kappa shape index (κ2) is 9.69. The standard InChI is InChI=1S/C21H37N5O/c1-4-5-11-26-16-10-22-21(26)18-6-14-25(15-7-18)20(27)9-13-24(3)19-8-12-23(2)17-19/h10,16,18-19H,4-9,11-15,17H2,1-3H3/t19-/m0/s1. The fourth-order valence-electron chi connectivity index (χ4n) is 4.47. The Morgan fingerprint density at radius 3 is 2.70 bits per heavy atom. The molecule has 0 aliphatic carbocycles. The minimum Gasteiger partial charge on any atom is -0.343 e. The number of likely N-dealkylation sites (tertiary alicyclic amines) is 2. The minimum atomic E-state index is 0.320. The SMILES string of the molecule is CCCCn1ccnc1C1CCN(C(=O)CCN(C)[C@H]2CCN(C)C2)CC1. The van der Waals surface area contributed by atoms with Gasteiger partial charge in [-0.2, -0.15) is 0 Å². The molecule has 1 amide bonds. The molecule has 6 heteroatoms. The first-order valence-corrected chi connectivity index (χ1v) is 10.8. The average Bonchev–Trinajstić information content (AvgIpc) is 3.33. The maximum Gasteiger partial charge on any atom is 0.223 e. The number of carbonyl (C=O) groups excluding carboxylic acids is 1. The fraction of sp³-hybridized carbons (Fsp3) is 0.810. The van der Waals surface area contributed by atoms with Crippen molar-refractivity contribution in [1.29, 1.82) is 0 Å². The number of unbranched alkanes of at least 4 members (excludes halogenated alkanes) is 1. The van der Waals surface area contributed by atoms with E-state index in [1.54, 1.807) is 0 Å². The largest absolute Gasteiger partial charge is 0.343 e. The van der Waals surface area contributed by atoms with Gasteiger partial charge in [0.15, 0.2) is 0 Å². The van der Waals surface area contributed by atoms with E-state index < -0.39 is 0 Å². The van der Waals surface area contributed by atoms with Gasteiger partial charge < -0.3 is 19.3 Å². The van der Waals surface area contributed by atoms with Crippen LogP contribution < -0.4 is 0 Å². The van der Waals surface area contributed by atoms with Gasteiger partial charge in [0.05, 0.1) is 0 Å². The number of imidazole rings is 1. The number of rotatable bonds is 8. The Morgan fingerprint density at radius 2 is 2.04 bits per heavy atom. The number of aromatic nitrogens is 2. The third-order valence-corrected chi connectivity index (χ3v) is 6.38. The summed E-state index contributed by atoms with van der Waals surface area (Å²) >= 11 is 0. The van der Waals surface area contributed by atoms with Crippen LogP contribution in [0.4, 0.5) is 0 Å². The Bertz CT molecular complexity index is 593. The summed E-state index contributed by atoms with van der Waals surface area (Å²) in [5, 5.41) is 0. The molecule has 0 unspecified atom stereocenters. The molecule has 152 valence electrons. The minimum absolute atomic E-state index is 0.320. The molecule has 2 aliphatic rings. The van der Waals surface area contributed by atoms with Crippen molar-refractivity contribution in [3.05, 3.63) is 18.2 Å². The summed E-state index contributed by atoms with van der Waals surface area (Å²) in [7, 11) is 4.34. The van der Waals surface area contributed by atoms with Gasteiger partial charge in [0.2, 0.25) is 5.91 Å². The van der Waals surface area contributed by atoms with Gasteiger partial charge in [-0.15, -0.1) is 0 Å². The van der Waals surface area contributed by atoms with E-state index in [1.165, 1.54) is 31.6 Å². The summed E-state index contributed by atoms with van der Waals surface area (Å²) in [4.78, 5) is 24.1. The Balaban J connectivity index is 1.42. The maximum absolute atomic E-state index is 12.7. The van der Waals surface area contributed by atoms with Crippen molar-refractivity contribution in [2.75, 3.05) is 46.8 Å². The van der Waals surface area contributed by atoms with Crippen LogP contribution in [0.1, 0.15) is 57.2 Å². The molecule has 2 saturated heterocycles. The molecule has 2 aliphatic heterocycles. The predicted octanol–water partition coefficient (Wildman–Crippen LogP) is 2.42. The maximum atomic E-state index is 12.7. The molecule has 0 bridgehead atoms. The Labute approximate surface area is 164 Å². The molecule has 0 aromatic carbocycles. The molecular formula is C21H37N5O. The molecule has 0 N–H and O–H groups in total. The van der Waals surface area contributed by atoms with Crippen LogP contribution in [0.5, 0.6) is 0 Å². The highest BCUT2D eigenvalue weighted by Gasteiger charge is 2.27. The van der Waals surface area contributed by atoms with Crippen molar-refractivity contribution in [3.8, 4) is 0 Å². The van der Waals surface area contributed by atoms with Crippen LogP contribution >= 0.6 is 0 Å². The number of hydrogen-bond donors (Lipinski definition) is 0. The van der Waals surface area contributed by atoms with E-state index in [9.17, 15) is 4.79 Å². The molecule has 6 nitrogen and oxygen atoms in total. The normalized spacial score (nSPS) is 22.1. The van der Waals surface area contributed by atoms with Crippen LogP contribution in [0, 0.1) is 0 Å². The molecule has 0 spiro atoms. The van der Waals surface area contributed by atoms with E-state index in [0.29, 0.717) is 24.3 Å². The predicted molar refractivity (Wildman–Crippen MR) is 109 cm³/mol. The molecule has 0 radical (unpaired) electrons. The van der Waals surface area contributed by atoms with Gasteiger partial charge in [-0.25, -0.2) is 4.98 Å². The molecule has 1 atom stereocenters. The van der Waals surface area contributed by atoms with Crippen LogP contribution in [-0.4, -0.2) is 83.0 Å². The van der Waals surface area contributed by atoms with Gasteiger partial charge in [0.1, 0.15) is 5.82 Å². The summed E-state index contributed by atoms with van der Waals surface area (Å²) in [5.74, 6) is 2.04. The summed E-state index contributed by atoms with van der Waals surface area (Å²) in [5.41, 5.74) is 0. The van der Waals surface area contributed by atoms with E-state index in [-0.39, 0.29) is 0 Å². The first-order chi connectivity index (χ1) is 13.1. The number of piperidine rings is 1. The van der Waals surface area contributed by atoms with E-state index >= 15 is 0 Å². The highest BCUT2D eigenvalue weighted by atomic mass is 16.2. The summed E-state index contributed by atoms with van der Waals surface area (Å²) in [6.45, 7) is 8.21. The number of nitrogens with zero attached hydrogens (tertiary/aromatic N) is 5. The topological polar surface area (TPSA) is 44.6 Å². The van der Waals surface area contributed by atoms with Gasteiger partial charge in [0, 0.05) is 63.5 Å². The first kappa shape index (κ1) is 20.3. The van der Waals surface area contributed by atoms with Gasteiger partial charge in [-0.05, 0) is 46.3 Å². The molecule has 1 aromatic rings. The van der Waals surface area contributed by atoms with Crippen LogP contribution in [0.25, 0.3) is 0 Å². The van der Waals surface area contributed by atoms with Crippen molar-refractivity contribution < 1.29 is 4.79 Å². The molecule has 3 rings (SSSR count). The van der Waals surface area contributed by atoms with Crippen molar-refractivity contribution in [2.24, 2.45) is 0 Å². The molecular weight excluding hydrogens is 338 g/mol. The first-order valence-electron chi connectivity index (χ1n) is 10.8. The van der Waals surface area contributed by atoms with Crippen LogP contribution in [-0.2, 0) is 11.3 Å². The third kappa shape index (κ3) is 5.32. The van der Waals surface area contributed by atoms with Crippen molar-refractivity contribution in [3.63, 3.8) is 0 Å². The Hall–Kier alpha value is -1.40. The zero-order valence-corrected chi connectivity index (χ0v) is 17.4. The zero-order chi connectivity index (χ0) is 19.2. The van der Waals surface area contributed by atoms with Gasteiger partial charge in [0.25, 0.3) is 0 Å². The van der Waals surface area contributed by atoms with Gasteiger partial charge in [-0.1, -0.05) is 13.3 Å². The van der Waals surface area contributed by atoms with E-state index in [0.717, 1.165) is 45.6 Å².